The maximum absolute atomic E-state index is 14.1. The van der Waals surface area contributed by atoms with Gasteiger partial charge in [-0.25, -0.2) is 18.2 Å². The molecule has 0 amide bonds. The zero-order chi connectivity index (χ0) is 21.6. The first-order valence-electron chi connectivity index (χ1n) is 9.97. The molecular formula is C21H24F3N5O. The molecule has 1 aliphatic carbocycles. The SMILES string of the molecule is CCn1c(C2CCc3ncn(C)c3C2)nnc1C(C)(C)Oc1c(F)cc(F)cc1F. The van der Waals surface area contributed by atoms with Crippen LogP contribution in [0.5, 0.6) is 5.75 Å². The lowest BCUT2D eigenvalue weighted by molar-refractivity contribution is 0.0820. The first kappa shape index (κ1) is 20.4. The molecule has 1 aliphatic rings. The average molecular weight is 419 g/mol. The molecule has 0 saturated carbocycles. The van der Waals surface area contributed by atoms with E-state index in [1.54, 1.807) is 13.8 Å². The van der Waals surface area contributed by atoms with Crippen LogP contribution in [-0.4, -0.2) is 24.3 Å². The van der Waals surface area contributed by atoms with Gasteiger partial charge < -0.3 is 13.9 Å². The molecule has 1 aromatic carbocycles. The van der Waals surface area contributed by atoms with Crippen LogP contribution in [0.1, 0.15) is 56.1 Å². The Balaban J connectivity index is 1.66. The summed E-state index contributed by atoms with van der Waals surface area (Å²) in [6.45, 7) is 5.86. The van der Waals surface area contributed by atoms with Crippen LogP contribution in [0.3, 0.4) is 0 Å². The highest BCUT2D eigenvalue weighted by molar-refractivity contribution is 5.29. The molecule has 0 spiro atoms. The minimum atomic E-state index is -1.19. The molecule has 30 heavy (non-hydrogen) atoms. The minimum Gasteiger partial charge on any atom is -0.474 e. The summed E-state index contributed by atoms with van der Waals surface area (Å²) in [6, 6.07) is 1.19. The van der Waals surface area contributed by atoms with Crippen molar-refractivity contribution in [3.05, 3.63) is 58.9 Å². The molecular weight excluding hydrogens is 395 g/mol. The first-order valence-corrected chi connectivity index (χ1v) is 9.97. The summed E-state index contributed by atoms with van der Waals surface area (Å²) < 4.78 is 51.1. The zero-order valence-corrected chi connectivity index (χ0v) is 17.4. The Hall–Kier alpha value is -2.84. The van der Waals surface area contributed by atoms with E-state index in [9.17, 15) is 13.2 Å². The van der Waals surface area contributed by atoms with Gasteiger partial charge in [-0.15, -0.1) is 10.2 Å². The third-order valence-electron chi connectivity index (χ3n) is 5.63. The molecule has 1 atom stereocenters. The second kappa shape index (κ2) is 7.45. The molecule has 0 bridgehead atoms. The quantitative estimate of drug-likeness (QED) is 0.627. The smallest absolute Gasteiger partial charge is 0.192 e. The van der Waals surface area contributed by atoms with E-state index in [4.69, 9.17) is 4.74 Å². The largest absolute Gasteiger partial charge is 0.474 e. The number of hydrogen-bond donors (Lipinski definition) is 0. The molecule has 3 aromatic rings. The number of fused-ring (bicyclic) bond motifs is 1. The van der Waals surface area contributed by atoms with Gasteiger partial charge >= 0.3 is 0 Å². The fraction of sp³-hybridized carbons (Fsp3) is 0.476. The number of halogens is 3. The number of imidazole rings is 1. The van der Waals surface area contributed by atoms with Gasteiger partial charge in [0.25, 0.3) is 0 Å². The number of nitrogens with zero attached hydrogens (tertiary/aromatic N) is 5. The minimum absolute atomic E-state index is 0.157. The number of rotatable bonds is 5. The van der Waals surface area contributed by atoms with Gasteiger partial charge in [0.05, 0.1) is 12.0 Å². The summed E-state index contributed by atoms with van der Waals surface area (Å²) in [5.74, 6) is -2.40. The topological polar surface area (TPSA) is 57.8 Å². The highest BCUT2D eigenvalue weighted by atomic mass is 19.1. The molecule has 0 saturated heterocycles. The number of ether oxygens (including phenoxy) is 1. The van der Waals surface area contributed by atoms with Crippen molar-refractivity contribution in [3.8, 4) is 5.75 Å². The van der Waals surface area contributed by atoms with Crippen molar-refractivity contribution >= 4 is 0 Å². The number of hydrogen-bond acceptors (Lipinski definition) is 4. The Morgan fingerprint density at radius 1 is 1.17 bits per heavy atom. The Morgan fingerprint density at radius 2 is 1.87 bits per heavy atom. The van der Waals surface area contributed by atoms with Crippen molar-refractivity contribution in [1.82, 2.24) is 24.3 Å². The van der Waals surface area contributed by atoms with Gasteiger partial charge in [0.2, 0.25) is 0 Å². The van der Waals surface area contributed by atoms with Crippen LogP contribution in [-0.2, 0) is 32.0 Å². The van der Waals surface area contributed by atoms with Gasteiger partial charge in [0.1, 0.15) is 11.6 Å². The molecule has 1 unspecified atom stereocenters. The van der Waals surface area contributed by atoms with E-state index < -0.39 is 28.8 Å². The van der Waals surface area contributed by atoms with Crippen LogP contribution in [0.15, 0.2) is 18.5 Å². The van der Waals surface area contributed by atoms with E-state index in [2.05, 4.69) is 15.2 Å². The second-order valence-corrected chi connectivity index (χ2v) is 8.13. The van der Waals surface area contributed by atoms with E-state index in [0.717, 1.165) is 30.8 Å². The van der Waals surface area contributed by atoms with Gasteiger partial charge in [-0.1, -0.05) is 0 Å². The maximum atomic E-state index is 14.1. The Labute approximate surface area is 172 Å². The van der Waals surface area contributed by atoms with Crippen molar-refractivity contribution < 1.29 is 17.9 Å². The van der Waals surface area contributed by atoms with E-state index >= 15 is 0 Å². The maximum Gasteiger partial charge on any atom is 0.192 e. The fourth-order valence-corrected chi connectivity index (χ4v) is 4.14. The Morgan fingerprint density at radius 3 is 2.53 bits per heavy atom. The zero-order valence-electron chi connectivity index (χ0n) is 17.4. The van der Waals surface area contributed by atoms with Gasteiger partial charge in [-0.2, -0.15) is 0 Å². The number of benzene rings is 1. The van der Waals surface area contributed by atoms with Crippen LogP contribution in [0.25, 0.3) is 0 Å². The Kier molecular flexibility index (Phi) is 5.07. The molecule has 0 aliphatic heterocycles. The standard InChI is InChI=1S/C21H24F3N5O/c1-5-29-19(12-6-7-16-17(8-12)28(4)11-25-16)26-27-20(29)21(2,3)30-18-14(23)9-13(22)10-15(18)24/h9-12H,5-8H2,1-4H3. The van der Waals surface area contributed by atoms with Crippen molar-refractivity contribution in [1.29, 1.82) is 0 Å². The van der Waals surface area contributed by atoms with Gasteiger partial charge in [-0.05, 0) is 40.0 Å². The lowest BCUT2D eigenvalue weighted by Gasteiger charge is -2.28. The predicted molar refractivity (Wildman–Crippen MR) is 104 cm³/mol. The van der Waals surface area contributed by atoms with Crippen molar-refractivity contribution in [2.75, 3.05) is 0 Å². The van der Waals surface area contributed by atoms with Crippen molar-refractivity contribution in [3.63, 3.8) is 0 Å². The lowest BCUT2D eigenvalue weighted by atomic mass is 9.89. The highest BCUT2D eigenvalue weighted by Gasteiger charge is 2.35. The summed E-state index contributed by atoms with van der Waals surface area (Å²) in [4.78, 5) is 4.44. The highest BCUT2D eigenvalue weighted by Crippen LogP contribution is 2.35. The molecule has 6 nitrogen and oxygen atoms in total. The van der Waals surface area contributed by atoms with Crippen LogP contribution in [0, 0.1) is 17.5 Å². The molecule has 2 heterocycles. The Bertz CT molecular complexity index is 1070. The fourth-order valence-electron chi connectivity index (χ4n) is 4.14. The van der Waals surface area contributed by atoms with E-state index in [1.165, 1.54) is 5.69 Å². The summed E-state index contributed by atoms with van der Waals surface area (Å²) >= 11 is 0. The molecule has 0 fully saturated rings. The van der Waals surface area contributed by atoms with Gasteiger partial charge in [0.15, 0.2) is 28.8 Å². The lowest BCUT2D eigenvalue weighted by Crippen LogP contribution is -2.31. The predicted octanol–water partition coefficient (Wildman–Crippen LogP) is 4.04. The molecule has 0 radical (unpaired) electrons. The number of aromatic nitrogens is 5. The second-order valence-electron chi connectivity index (χ2n) is 8.13. The van der Waals surface area contributed by atoms with E-state index in [1.807, 2.05) is 29.4 Å². The van der Waals surface area contributed by atoms with Crippen LogP contribution in [0.4, 0.5) is 13.2 Å². The van der Waals surface area contributed by atoms with Gasteiger partial charge in [0, 0.05) is 37.3 Å². The molecule has 0 N–H and O–H groups in total. The summed E-state index contributed by atoms with van der Waals surface area (Å²) in [5.41, 5.74) is 1.11. The normalized spacial score (nSPS) is 16.6. The first-order chi connectivity index (χ1) is 14.2. The summed E-state index contributed by atoms with van der Waals surface area (Å²) in [6.07, 6.45) is 4.38. The van der Waals surface area contributed by atoms with E-state index in [0.29, 0.717) is 24.5 Å². The average Bonchev–Trinajstić information content (AvgIpc) is 3.28. The number of aryl methyl sites for hydroxylation is 2. The molecule has 4 rings (SSSR count). The molecule has 9 heteroatoms. The summed E-state index contributed by atoms with van der Waals surface area (Å²) in [5, 5.41) is 8.74. The van der Waals surface area contributed by atoms with Crippen LogP contribution in [0.2, 0.25) is 0 Å². The third kappa shape index (κ3) is 3.46. The summed E-state index contributed by atoms with van der Waals surface area (Å²) in [7, 11) is 1.98. The molecule has 2 aromatic heterocycles. The van der Waals surface area contributed by atoms with Crippen LogP contribution >= 0.6 is 0 Å². The monoisotopic (exact) mass is 419 g/mol. The third-order valence-corrected chi connectivity index (χ3v) is 5.63. The van der Waals surface area contributed by atoms with E-state index in [-0.39, 0.29) is 5.92 Å². The van der Waals surface area contributed by atoms with Crippen LogP contribution < -0.4 is 4.74 Å². The van der Waals surface area contributed by atoms with Crippen molar-refractivity contribution in [2.24, 2.45) is 7.05 Å². The van der Waals surface area contributed by atoms with Crippen molar-refractivity contribution in [2.45, 2.75) is 58.1 Å². The van der Waals surface area contributed by atoms with Gasteiger partial charge in [-0.3, -0.25) is 0 Å². The molecule has 160 valence electrons.